The quantitative estimate of drug-likeness (QED) is 0.843. The minimum absolute atomic E-state index is 0.0942. The van der Waals surface area contributed by atoms with Crippen molar-refractivity contribution in [2.45, 2.75) is 18.8 Å². The lowest BCUT2D eigenvalue weighted by atomic mass is 10.1. The fraction of sp³-hybridized carbons (Fsp3) is 0.462. The third-order valence-corrected chi connectivity index (χ3v) is 3.04. The smallest absolute Gasteiger partial charge is 0.276 e. The third kappa shape index (κ3) is 3.33. The lowest BCUT2D eigenvalue weighted by molar-refractivity contribution is 0.0796. The van der Waals surface area contributed by atoms with Gasteiger partial charge in [-0.2, -0.15) is 4.98 Å². The number of alkyl halides is 2. The highest BCUT2D eigenvalue weighted by molar-refractivity contribution is 5.47. The lowest BCUT2D eigenvalue weighted by Crippen LogP contribution is -2.08. The molecule has 1 fully saturated rings. The maximum atomic E-state index is 12.1. The maximum Gasteiger partial charge on any atom is 0.276 e. The Morgan fingerprint density at radius 2 is 2.24 bits per heavy atom. The Morgan fingerprint density at radius 3 is 3.00 bits per heavy atom. The summed E-state index contributed by atoms with van der Waals surface area (Å²) in [6.07, 6.45) is -1.70. The highest BCUT2D eigenvalue weighted by Gasteiger charge is 2.23. The van der Waals surface area contributed by atoms with Gasteiger partial charge in [-0.3, -0.25) is 0 Å². The standard InChI is InChI=1S/C13H13F2N3O3/c14-10(15)7-20-11-3-1-2-9(16-11)13-17-12(18-21-13)8-4-5-19-6-8/h1-3,8,10H,4-7H2/t8-/m0/s1. The zero-order chi connectivity index (χ0) is 14.7. The first kappa shape index (κ1) is 13.9. The van der Waals surface area contributed by atoms with Crippen molar-refractivity contribution >= 4 is 0 Å². The van der Waals surface area contributed by atoms with Gasteiger partial charge in [-0.1, -0.05) is 11.2 Å². The number of halogens is 2. The van der Waals surface area contributed by atoms with Crippen molar-refractivity contribution in [3.63, 3.8) is 0 Å². The number of rotatable bonds is 5. The van der Waals surface area contributed by atoms with Crippen LogP contribution in [0.2, 0.25) is 0 Å². The molecule has 8 heteroatoms. The molecule has 3 rings (SSSR count). The maximum absolute atomic E-state index is 12.1. The minimum Gasteiger partial charge on any atom is -0.472 e. The van der Waals surface area contributed by atoms with Crippen LogP contribution < -0.4 is 4.74 Å². The van der Waals surface area contributed by atoms with E-state index in [1.165, 1.54) is 6.07 Å². The van der Waals surface area contributed by atoms with Crippen LogP contribution in [-0.2, 0) is 4.74 Å². The molecule has 0 amide bonds. The summed E-state index contributed by atoms with van der Waals surface area (Å²) in [5.74, 6) is 1.03. The molecule has 0 radical (unpaired) electrons. The number of pyridine rings is 1. The van der Waals surface area contributed by atoms with Crippen molar-refractivity contribution in [3.8, 4) is 17.5 Å². The Morgan fingerprint density at radius 1 is 1.33 bits per heavy atom. The molecule has 1 aliphatic heterocycles. The van der Waals surface area contributed by atoms with E-state index >= 15 is 0 Å². The second kappa shape index (κ2) is 6.13. The second-order valence-electron chi connectivity index (χ2n) is 4.58. The van der Waals surface area contributed by atoms with Crippen molar-refractivity contribution in [1.29, 1.82) is 0 Å². The molecule has 2 aromatic rings. The molecule has 2 aromatic heterocycles. The van der Waals surface area contributed by atoms with E-state index < -0.39 is 13.0 Å². The first-order valence-corrected chi connectivity index (χ1v) is 6.52. The van der Waals surface area contributed by atoms with E-state index in [9.17, 15) is 8.78 Å². The van der Waals surface area contributed by atoms with Gasteiger partial charge in [0, 0.05) is 18.6 Å². The van der Waals surface area contributed by atoms with Crippen LogP contribution in [0.5, 0.6) is 5.88 Å². The molecule has 21 heavy (non-hydrogen) atoms. The molecule has 1 aliphatic rings. The highest BCUT2D eigenvalue weighted by atomic mass is 19.3. The normalized spacial score (nSPS) is 18.3. The second-order valence-corrected chi connectivity index (χ2v) is 4.58. The Bertz CT molecular complexity index is 600. The van der Waals surface area contributed by atoms with Gasteiger partial charge >= 0.3 is 0 Å². The Kier molecular flexibility index (Phi) is 4.05. The summed E-state index contributed by atoms with van der Waals surface area (Å²) in [4.78, 5) is 8.35. The molecule has 0 N–H and O–H groups in total. The van der Waals surface area contributed by atoms with Crippen molar-refractivity contribution in [1.82, 2.24) is 15.1 Å². The summed E-state index contributed by atoms with van der Waals surface area (Å²) in [5.41, 5.74) is 0.388. The SMILES string of the molecule is FC(F)COc1cccc(-c2nc([C@H]3CCOC3)no2)n1. The molecule has 0 spiro atoms. The topological polar surface area (TPSA) is 70.3 Å². The van der Waals surface area contributed by atoms with Crippen LogP contribution in [0, 0.1) is 0 Å². The van der Waals surface area contributed by atoms with Gasteiger partial charge < -0.3 is 14.0 Å². The summed E-state index contributed by atoms with van der Waals surface area (Å²) in [6.45, 7) is 0.554. The minimum atomic E-state index is -2.55. The van der Waals surface area contributed by atoms with Crippen LogP contribution >= 0.6 is 0 Å². The van der Waals surface area contributed by atoms with Gasteiger partial charge in [0.2, 0.25) is 5.88 Å². The van der Waals surface area contributed by atoms with Crippen LogP contribution in [0.4, 0.5) is 8.78 Å². The summed E-state index contributed by atoms with van der Waals surface area (Å²) in [6, 6.07) is 4.78. The summed E-state index contributed by atoms with van der Waals surface area (Å²) in [7, 11) is 0. The van der Waals surface area contributed by atoms with Crippen molar-refractivity contribution in [2.75, 3.05) is 19.8 Å². The fourth-order valence-corrected chi connectivity index (χ4v) is 2.01. The molecule has 0 saturated carbocycles. The molecular weight excluding hydrogens is 284 g/mol. The summed E-state index contributed by atoms with van der Waals surface area (Å²) in [5, 5.41) is 3.91. The molecule has 0 bridgehead atoms. The summed E-state index contributed by atoms with van der Waals surface area (Å²) < 4.78 is 39.5. The first-order chi connectivity index (χ1) is 10.2. The average Bonchev–Trinajstić information content (AvgIpc) is 3.16. The number of ether oxygens (including phenoxy) is 2. The predicted octanol–water partition coefficient (Wildman–Crippen LogP) is 2.28. The van der Waals surface area contributed by atoms with E-state index in [0.29, 0.717) is 24.7 Å². The number of hydrogen-bond acceptors (Lipinski definition) is 6. The fourth-order valence-electron chi connectivity index (χ4n) is 2.01. The van der Waals surface area contributed by atoms with Gasteiger partial charge in [-0.05, 0) is 12.5 Å². The predicted molar refractivity (Wildman–Crippen MR) is 67.2 cm³/mol. The van der Waals surface area contributed by atoms with E-state index in [1.54, 1.807) is 12.1 Å². The van der Waals surface area contributed by atoms with E-state index in [2.05, 4.69) is 15.1 Å². The van der Waals surface area contributed by atoms with Gasteiger partial charge in [-0.25, -0.2) is 13.8 Å². The average molecular weight is 297 g/mol. The number of nitrogens with zero attached hydrogens (tertiary/aromatic N) is 3. The van der Waals surface area contributed by atoms with E-state index in [1.807, 2.05) is 0 Å². The van der Waals surface area contributed by atoms with Crippen LogP contribution in [-0.4, -0.2) is 41.4 Å². The monoisotopic (exact) mass is 297 g/mol. The third-order valence-electron chi connectivity index (χ3n) is 3.04. The zero-order valence-electron chi connectivity index (χ0n) is 11.0. The largest absolute Gasteiger partial charge is 0.472 e. The first-order valence-electron chi connectivity index (χ1n) is 6.52. The van der Waals surface area contributed by atoms with Crippen molar-refractivity contribution < 1.29 is 22.8 Å². The number of hydrogen-bond donors (Lipinski definition) is 0. The Labute approximate surface area is 119 Å². The van der Waals surface area contributed by atoms with Gasteiger partial charge in [0.05, 0.1) is 6.61 Å². The molecular formula is C13H13F2N3O3. The Balaban J connectivity index is 1.75. The van der Waals surface area contributed by atoms with Crippen LogP contribution in [0.3, 0.4) is 0 Å². The molecule has 0 unspecified atom stereocenters. The van der Waals surface area contributed by atoms with Crippen LogP contribution in [0.1, 0.15) is 18.2 Å². The summed E-state index contributed by atoms with van der Waals surface area (Å²) >= 11 is 0. The van der Waals surface area contributed by atoms with Crippen molar-refractivity contribution in [3.05, 3.63) is 24.0 Å². The lowest BCUT2D eigenvalue weighted by Gasteiger charge is -2.04. The molecule has 3 heterocycles. The molecule has 6 nitrogen and oxygen atoms in total. The van der Waals surface area contributed by atoms with Crippen molar-refractivity contribution in [2.24, 2.45) is 0 Å². The van der Waals surface area contributed by atoms with E-state index in [4.69, 9.17) is 14.0 Å². The van der Waals surface area contributed by atoms with Gasteiger partial charge in [0.1, 0.15) is 5.69 Å². The molecule has 0 aromatic carbocycles. The van der Waals surface area contributed by atoms with Crippen LogP contribution in [0.25, 0.3) is 11.6 Å². The molecule has 112 valence electrons. The van der Waals surface area contributed by atoms with Gasteiger partial charge in [0.15, 0.2) is 12.4 Å². The zero-order valence-corrected chi connectivity index (χ0v) is 11.0. The van der Waals surface area contributed by atoms with E-state index in [-0.39, 0.29) is 17.7 Å². The molecule has 1 saturated heterocycles. The molecule has 0 aliphatic carbocycles. The van der Waals surface area contributed by atoms with Gasteiger partial charge in [0.25, 0.3) is 12.3 Å². The number of aromatic nitrogens is 3. The van der Waals surface area contributed by atoms with Gasteiger partial charge in [-0.15, -0.1) is 0 Å². The molecule has 1 atom stereocenters. The Hall–Kier alpha value is -2.09. The highest BCUT2D eigenvalue weighted by Crippen LogP contribution is 2.25. The van der Waals surface area contributed by atoms with Crippen LogP contribution in [0.15, 0.2) is 22.7 Å². The van der Waals surface area contributed by atoms with E-state index in [0.717, 1.165) is 6.42 Å².